The van der Waals surface area contributed by atoms with Crippen LogP contribution in [0.15, 0.2) is 4.90 Å². The molecule has 0 aromatic carbocycles. The molecule has 0 radical (unpaired) electrons. The molecule has 1 saturated heterocycles. The van der Waals surface area contributed by atoms with Crippen molar-refractivity contribution < 1.29 is 13.2 Å². The second-order valence-corrected chi connectivity index (χ2v) is 5.99. The fourth-order valence-corrected chi connectivity index (χ4v) is 3.74. The van der Waals surface area contributed by atoms with E-state index in [1.165, 1.54) is 0 Å². The number of H-pyrrole nitrogens is 1. The predicted molar refractivity (Wildman–Crippen MR) is 65.4 cm³/mol. The van der Waals surface area contributed by atoms with Crippen molar-refractivity contribution in [1.82, 2.24) is 14.9 Å². The quantitative estimate of drug-likeness (QED) is 0.694. The number of nitrogens with two attached hydrogens (primary N) is 1. The van der Waals surface area contributed by atoms with Crippen LogP contribution < -0.4 is 10.5 Å². The molecule has 7 nitrogen and oxygen atoms in total. The molecule has 2 heterocycles. The SMILES string of the molecule is Cc1[nH]nc(CN)c1S(=O)(=O)NC1CCOCC1. The van der Waals surface area contributed by atoms with E-state index in [0.29, 0.717) is 37.4 Å². The van der Waals surface area contributed by atoms with Crippen molar-refractivity contribution in [1.29, 1.82) is 0 Å². The third kappa shape index (κ3) is 2.72. The second-order valence-electron chi connectivity index (χ2n) is 4.34. The summed E-state index contributed by atoms with van der Waals surface area (Å²) in [5.74, 6) is 0. The van der Waals surface area contributed by atoms with E-state index in [1.807, 2.05) is 0 Å². The minimum atomic E-state index is -3.57. The number of ether oxygens (including phenoxy) is 1. The number of hydrogen-bond donors (Lipinski definition) is 3. The first-order valence-electron chi connectivity index (χ1n) is 5.88. The van der Waals surface area contributed by atoms with Crippen molar-refractivity contribution in [3.63, 3.8) is 0 Å². The zero-order valence-corrected chi connectivity index (χ0v) is 11.1. The summed E-state index contributed by atoms with van der Waals surface area (Å²) in [5.41, 5.74) is 6.38. The van der Waals surface area contributed by atoms with E-state index in [2.05, 4.69) is 14.9 Å². The molecule has 102 valence electrons. The third-order valence-corrected chi connectivity index (χ3v) is 4.69. The molecule has 0 bridgehead atoms. The first kappa shape index (κ1) is 13.5. The van der Waals surface area contributed by atoms with Gasteiger partial charge in [0.05, 0.1) is 11.4 Å². The van der Waals surface area contributed by atoms with Crippen molar-refractivity contribution in [2.45, 2.75) is 37.2 Å². The molecule has 8 heteroatoms. The number of nitrogens with zero attached hydrogens (tertiary/aromatic N) is 1. The first-order valence-corrected chi connectivity index (χ1v) is 7.37. The van der Waals surface area contributed by atoms with E-state index in [0.717, 1.165) is 0 Å². The molecule has 0 saturated carbocycles. The van der Waals surface area contributed by atoms with Crippen LogP contribution >= 0.6 is 0 Å². The summed E-state index contributed by atoms with van der Waals surface area (Å²) in [7, 11) is -3.57. The van der Waals surface area contributed by atoms with Crippen molar-refractivity contribution in [2.24, 2.45) is 5.73 Å². The lowest BCUT2D eigenvalue weighted by molar-refractivity contribution is 0.0832. The summed E-state index contributed by atoms with van der Waals surface area (Å²) in [4.78, 5) is 0.177. The van der Waals surface area contributed by atoms with Gasteiger partial charge in [-0.3, -0.25) is 5.10 Å². The molecule has 0 aliphatic carbocycles. The molecule has 1 fully saturated rings. The highest BCUT2D eigenvalue weighted by Gasteiger charge is 2.27. The maximum absolute atomic E-state index is 12.3. The van der Waals surface area contributed by atoms with Gasteiger partial charge in [0.15, 0.2) is 0 Å². The Labute approximate surface area is 106 Å². The van der Waals surface area contributed by atoms with E-state index >= 15 is 0 Å². The fourth-order valence-electron chi connectivity index (χ4n) is 2.06. The number of aryl methyl sites for hydroxylation is 1. The van der Waals surface area contributed by atoms with Gasteiger partial charge in [-0.25, -0.2) is 13.1 Å². The number of rotatable bonds is 4. The van der Waals surface area contributed by atoms with Gasteiger partial charge in [-0.1, -0.05) is 0 Å². The second kappa shape index (κ2) is 5.35. The Bertz CT molecular complexity index is 505. The predicted octanol–water partition coefficient (Wildman–Crippen LogP) is -0.366. The molecular formula is C10H18N4O3S. The van der Waals surface area contributed by atoms with Crippen LogP contribution in [-0.2, 0) is 21.3 Å². The first-order chi connectivity index (χ1) is 8.54. The van der Waals surface area contributed by atoms with E-state index in [-0.39, 0.29) is 17.5 Å². The molecule has 18 heavy (non-hydrogen) atoms. The van der Waals surface area contributed by atoms with E-state index in [9.17, 15) is 8.42 Å². The molecule has 4 N–H and O–H groups in total. The van der Waals surface area contributed by atoms with Gasteiger partial charge in [-0.2, -0.15) is 5.10 Å². The van der Waals surface area contributed by atoms with Crippen LogP contribution in [0.1, 0.15) is 24.2 Å². The average Bonchev–Trinajstić information content (AvgIpc) is 2.72. The van der Waals surface area contributed by atoms with Gasteiger partial charge in [0.1, 0.15) is 4.90 Å². The smallest absolute Gasteiger partial charge is 0.244 e. The zero-order chi connectivity index (χ0) is 13.2. The van der Waals surface area contributed by atoms with Crippen molar-refractivity contribution in [3.8, 4) is 0 Å². The van der Waals surface area contributed by atoms with E-state index in [4.69, 9.17) is 10.5 Å². The monoisotopic (exact) mass is 274 g/mol. The highest BCUT2D eigenvalue weighted by molar-refractivity contribution is 7.89. The Morgan fingerprint density at radius 3 is 2.78 bits per heavy atom. The Morgan fingerprint density at radius 2 is 2.17 bits per heavy atom. The Hall–Kier alpha value is -0.960. The summed E-state index contributed by atoms with van der Waals surface area (Å²) in [6.45, 7) is 2.93. The van der Waals surface area contributed by atoms with E-state index in [1.54, 1.807) is 6.92 Å². The van der Waals surface area contributed by atoms with Gasteiger partial charge < -0.3 is 10.5 Å². The van der Waals surface area contributed by atoms with Crippen molar-refractivity contribution >= 4 is 10.0 Å². The molecule has 1 aliphatic heterocycles. The van der Waals surface area contributed by atoms with Crippen LogP contribution in [0.3, 0.4) is 0 Å². The summed E-state index contributed by atoms with van der Waals surface area (Å²) in [5, 5.41) is 6.56. The number of hydrogen-bond acceptors (Lipinski definition) is 5. The Morgan fingerprint density at radius 1 is 1.50 bits per heavy atom. The lowest BCUT2D eigenvalue weighted by atomic mass is 10.1. The highest BCUT2D eigenvalue weighted by atomic mass is 32.2. The van der Waals surface area contributed by atoms with Gasteiger partial charge >= 0.3 is 0 Å². The molecule has 0 atom stereocenters. The van der Waals surface area contributed by atoms with Gasteiger partial charge in [0.25, 0.3) is 0 Å². The molecule has 2 rings (SSSR count). The van der Waals surface area contributed by atoms with Crippen LogP contribution in [0.5, 0.6) is 0 Å². The molecule has 1 aromatic heterocycles. The lowest BCUT2D eigenvalue weighted by Crippen LogP contribution is -2.39. The van der Waals surface area contributed by atoms with Crippen LogP contribution in [0.4, 0.5) is 0 Å². The van der Waals surface area contributed by atoms with Crippen LogP contribution in [0, 0.1) is 6.92 Å². The summed E-state index contributed by atoms with van der Waals surface area (Å²) >= 11 is 0. The van der Waals surface area contributed by atoms with Crippen molar-refractivity contribution in [2.75, 3.05) is 13.2 Å². The van der Waals surface area contributed by atoms with E-state index < -0.39 is 10.0 Å². The largest absolute Gasteiger partial charge is 0.381 e. The van der Waals surface area contributed by atoms with Gasteiger partial charge in [0.2, 0.25) is 10.0 Å². The number of aromatic amines is 1. The molecular weight excluding hydrogens is 256 g/mol. The maximum atomic E-state index is 12.3. The number of aromatic nitrogens is 2. The number of sulfonamides is 1. The van der Waals surface area contributed by atoms with Gasteiger partial charge in [0, 0.05) is 25.8 Å². The molecule has 1 aromatic rings. The standard InChI is InChI=1S/C10H18N4O3S/c1-7-10(9(6-11)13-12-7)18(15,16)14-8-2-4-17-5-3-8/h8,14H,2-6,11H2,1H3,(H,12,13). The molecule has 0 amide bonds. The zero-order valence-electron chi connectivity index (χ0n) is 10.3. The lowest BCUT2D eigenvalue weighted by Gasteiger charge is -2.23. The Kier molecular flexibility index (Phi) is 4.00. The van der Waals surface area contributed by atoms with Gasteiger partial charge in [-0.05, 0) is 19.8 Å². The number of nitrogens with one attached hydrogen (secondary N) is 2. The topological polar surface area (TPSA) is 110 Å². The summed E-state index contributed by atoms with van der Waals surface area (Å²) in [6, 6.07) is -0.0799. The minimum Gasteiger partial charge on any atom is -0.381 e. The molecule has 0 spiro atoms. The summed E-state index contributed by atoms with van der Waals surface area (Å²) in [6.07, 6.45) is 1.38. The van der Waals surface area contributed by atoms with Gasteiger partial charge in [-0.15, -0.1) is 0 Å². The fraction of sp³-hybridized carbons (Fsp3) is 0.700. The molecule has 0 unspecified atom stereocenters. The third-order valence-electron chi connectivity index (χ3n) is 2.97. The maximum Gasteiger partial charge on any atom is 0.244 e. The minimum absolute atomic E-state index is 0.0799. The van der Waals surface area contributed by atoms with Crippen molar-refractivity contribution in [3.05, 3.63) is 11.4 Å². The summed E-state index contributed by atoms with van der Waals surface area (Å²) < 4.78 is 32.5. The Balaban J connectivity index is 2.21. The van der Waals surface area contributed by atoms with Crippen LogP contribution in [0.2, 0.25) is 0 Å². The normalized spacial score (nSPS) is 18.1. The average molecular weight is 274 g/mol. The highest BCUT2D eigenvalue weighted by Crippen LogP contribution is 2.19. The van der Waals surface area contributed by atoms with Crippen LogP contribution in [0.25, 0.3) is 0 Å². The van der Waals surface area contributed by atoms with Crippen LogP contribution in [-0.4, -0.2) is 37.9 Å². The molecule has 1 aliphatic rings.